The van der Waals surface area contributed by atoms with Crippen LogP contribution in [0.5, 0.6) is 0 Å². The second kappa shape index (κ2) is 3.43. The fourth-order valence-corrected chi connectivity index (χ4v) is 2.67. The maximum absolute atomic E-state index is 11.6. The van der Waals surface area contributed by atoms with Crippen LogP contribution in [0.4, 0.5) is 0 Å². The zero-order valence-corrected chi connectivity index (χ0v) is 9.36. The molecule has 1 nitrogen and oxygen atoms in total. The number of thioether (sulfide) groups is 1. The van der Waals surface area contributed by atoms with Gasteiger partial charge in [-0.05, 0) is 37.7 Å². The van der Waals surface area contributed by atoms with E-state index in [0.29, 0.717) is 5.78 Å². The van der Waals surface area contributed by atoms with Gasteiger partial charge in [-0.15, -0.1) is 11.8 Å². The first-order chi connectivity index (χ1) is 6.70. The molecule has 0 unspecified atom stereocenters. The topological polar surface area (TPSA) is 17.1 Å². The molecular weight excluding hydrogens is 192 g/mol. The van der Waals surface area contributed by atoms with Crippen LogP contribution >= 0.6 is 11.8 Å². The van der Waals surface area contributed by atoms with Crippen molar-refractivity contribution in [2.75, 3.05) is 6.26 Å². The first kappa shape index (κ1) is 9.78. The lowest BCUT2D eigenvalue weighted by Gasteiger charge is -2.15. The number of Topliss-reactive ketones (excluding diaryl/α,β-unsaturated/α-hetero) is 1. The van der Waals surface area contributed by atoms with Crippen molar-refractivity contribution in [3.05, 3.63) is 29.8 Å². The van der Waals surface area contributed by atoms with E-state index in [-0.39, 0.29) is 5.41 Å². The highest BCUT2D eigenvalue weighted by atomic mass is 32.2. The summed E-state index contributed by atoms with van der Waals surface area (Å²) in [6, 6.07) is 8.26. The fourth-order valence-electron chi connectivity index (χ4n) is 1.98. The van der Waals surface area contributed by atoms with Crippen molar-refractivity contribution in [3.8, 4) is 0 Å². The molecule has 1 saturated carbocycles. The summed E-state index contributed by atoms with van der Waals surface area (Å²) >= 11 is 1.73. The van der Waals surface area contributed by atoms with E-state index in [9.17, 15) is 4.79 Å². The highest BCUT2D eigenvalue weighted by Crippen LogP contribution is 2.51. The van der Waals surface area contributed by atoms with Crippen LogP contribution in [0, 0.1) is 0 Å². The Kier molecular flexibility index (Phi) is 2.40. The summed E-state index contributed by atoms with van der Waals surface area (Å²) in [7, 11) is 0. The monoisotopic (exact) mass is 206 g/mol. The molecule has 1 aliphatic rings. The Morgan fingerprint density at radius 1 is 1.36 bits per heavy atom. The van der Waals surface area contributed by atoms with Crippen molar-refractivity contribution in [2.45, 2.75) is 30.1 Å². The lowest BCUT2D eigenvalue weighted by molar-refractivity contribution is -0.119. The number of hydrogen-bond donors (Lipinski definition) is 0. The lowest BCUT2D eigenvalue weighted by Crippen LogP contribution is -2.17. The molecule has 2 heteroatoms. The Morgan fingerprint density at radius 3 is 2.50 bits per heavy atom. The molecule has 0 aromatic heterocycles. The van der Waals surface area contributed by atoms with Gasteiger partial charge in [0.15, 0.2) is 0 Å². The summed E-state index contributed by atoms with van der Waals surface area (Å²) < 4.78 is 0. The molecule has 0 bridgehead atoms. The third-order valence-corrected chi connectivity index (χ3v) is 3.84. The maximum atomic E-state index is 11.6. The SMILES string of the molecule is CSc1ccccc1C1(C(C)=O)CC1. The van der Waals surface area contributed by atoms with Gasteiger partial charge in [-0.2, -0.15) is 0 Å². The first-order valence-corrected chi connectivity index (χ1v) is 6.08. The van der Waals surface area contributed by atoms with Crippen molar-refractivity contribution in [2.24, 2.45) is 0 Å². The molecule has 0 spiro atoms. The van der Waals surface area contributed by atoms with Crippen molar-refractivity contribution in [1.29, 1.82) is 0 Å². The zero-order valence-electron chi connectivity index (χ0n) is 8.54. The predicted molar refractivity (Wildman–Crippen MR) is 59.8 cm³/mol. The normalized spacial score (nSPS) is 17.9. The van der Waals surface area contributed by atoms with Crippen LogP contribution in [0.3, 0.4) is 0 Å². The summed E-state index contributed by atoms with van der Waals surface area (Å²) in [6.07, 6.45) is 4.12. The number of carbonyl (C=O) groups is 1. The third-order valence-electron chi connectivity index (χ3n) is 3.05. The van der Waals surface area contributed by atoms with Gasteiger partial charge in [0.25, 0.3) is 0 Å². The summed E-state index contributed by atoms with van der Waals surface area (Å²) in [4.78, 5) is 12.8. The van der Waals surface area contributed by atoms with Gasteiger partial charge in [0.2, 0.25) is 0 Å². The van der Waals surface area contributed by atoms with Gasteiger partial charge < -0.3 is 0 Å². The fraction of sp³-hybridized carbons (Fsp3) is 0.417. The maximum Gasteiger partial charge on any atom is 0.140 e. The summed E-state index contributed by atoms with van der Waals surface area (Å²) in [5.74, 6) is 0.319. The Bertz CT molecular complexity index is 366. The number of benzene rings is 1. The second-order valence-electron chi connectivity index (χ2n) is 3.84. The van der Waals surface area contributed by atoms with Crippen LogP contribution in [0.1, 0.15) is 25.3 Å². The van der Waals surface area contributed by atoms with Crippen LogP contribution < -0.4 is 0 Å². The number of ketones is 1. The Balaban J connectivity index is 2.46. The van der Waals surface area contributed by atoms with Gasteiger partial charge in [0, 0.05) is 4.90 Å². The third kappa shape index (κ3) is 1.38. The van der Waals surface area contributed by atoms with Gasteiger partial charge >= 0.3 is 0 Å². The van der Waals surface area contributed by atoms with Crippen molar-refractivity contribution in [1.82, 2.24) is 0 Å². The van der Waals surface area contributed by atoms with Gasteiger partial charge in [-0.1, -0.05) is 18.2 Å². The summed E-state index contributed by atoms with van der Waals surface area (Å²) in [5.41, 5.74) is 1.11. The van der Waals surface area contributed by atoms with E-state index in [1.807, 2.05) is 12.1 Å². The summed E-state index contributed by atoms with van der Waals surface area (Å²) in [5, 5.41) is 0. The minimum absolute atomic E-state index is 0.125. The second-order valence-corrected chi connectivity index (χ2v) is 4.69. The molecular formula is C12H14OS. The van der Waals surface area contributed by atoms with Crippen molar-refractivity contribution in [3.63, 3.8) is 0 Å². The highest BCUT2D eigenvalue weighted by Gasteiger charge is 2.49. The van der Waals surface area contributed by atoms with Gasteiger partial charge in [-0.25, -0.2) is 0 Å². The molecule has 0 aliphatic heterocycles. The average Bonchev–Trinajstić information content (AvgIpc) is 2.98. The van der Waals surface area contributed by atoms with Gasteiger partial charge in [-0.3, -0.25) is 4.79 Å². The van der Waals surface area contributed by atoms with E-state index < -0.39 is 0 Å². The van der Waals surface area contributed by atoms with Crippen molar-refractivity contribution >= 4 is 17.5 Å². The largest absolute Gasteiger partial charge is 0.299 e. The van der Waals surface area contributed by atoms with E-state index in [4.69, 9.17) is 0 Å². The number of rotatable bonds is 3. The lowest BCUT2D eigenvalue weighted by atomic mass is 9.92. The molecule has 1 fully saturated rings. The first-order valence-electron chi connectivity index (χ1n) is 4.85. The van der Waals surface area contributed by atoms with Crippen LogP contribution in [0.25, 0.3) is 0 Å². The van der Waals surface area contributed by atoms with E-state index in [2.05, 4.69) is 18.4 Å². The molecule has 14 heavy (non-hydrogen) atoms. The molecule has 74 valence electrons. The van der Waals surface area contributed by atoms with E-state index >= 15 is 0 Å². The smallest absolute Gasteiger partial charge is 0.140 e. The molecule has 1 aliphatic carbocycles. The highest BCUT2D eigenvalue weighted by molar-refractivity contribution is 7.98. The van der Waals surface area contributed by atoms with E-state index in [0.717, 1.165) is 12.8 Å². The Hall–Kier alpha value is -0.760. The quantitative estimate of drug-likeness (QED) is 0.707. The van der Waals surface area contributed by atoms with Crippen LogP contribution in [-0.2, 0) is 10.2 Å². The molecule has 1 aromatic carbocycles. The molecule has 0 atom stereocenters. The molecule has 2 rings (SSSR count). The van der Waals surface area contributed by atoms with Gasteiger partial charge in [0.1, 0.15) is 5.78 Å². The average molecular weight is 206 g/mol. The molecule has 1 aromatic rings. The molecule has 0 heterocycles. The standard InChI is InChI=1S/C12H14OS/c1-9(13)12(7-8-12)10-5-3-4-6-11(10)14-2/h3-6H,7-8H2,1-2H3. The predicted octanol–water partition coefficient (Wildman–Crippen LogP) is 3.03. The molecule has 0 amide bonds. The Morgan fingerprint density at radius 2 is 2.00 bits per heavy atom. The van der Waals surface area contributed by atoms with E-state index in [1.165, 1.54) is 10.5 Å². The zero-order chi connectivity index (χ0) is 10.2. The minimum Gasteiger partial charge on any atom is -0.299 e. The molecule has 0 saturated heterocycles. The number of carbonyl (C=O) groups excluding carboxylic acids is 1. The van der Waals surface area contributed by atoms with E-state index in [1.54, 1.807) is 18.7 Å². The minimum atomic E-state index is -0.125. The molecule has 0 N–H and O–H groups in total. The van der Waals surface area contributed by atoms with Crippen molar-refractivity contribution < 1.29 is 4.79 Å². The van der Waals surface area contributed by atoms with Crippen LogP contribution in [-0.4, -0.2) is 12.0 Å². The number of hydrogen-bond acceptors (Lipinski definition) is 2. The summed E-state index contributed by atoms with van der Waals surface area (Å²) in [6.45, 7) is 1.71. The van der Waals surface area contributed by atoms with Gasteiger partial charge in [0.05, 0.1) is 5.41 Å². The van der Waals surface area contributed by atoms with Crippen LogP contribution in [0.15, 0.2) is 29.2 Å². The van der Waals surface area contributed by atoms with Crippen LogP contribution in [0.2, 0.25) is 0 Å². The Labute approximate surface area is 88.9 Å². The molecule has 0 radical (unpaired) electrons.